The molecule has 120 valence electrons. The minimum atomic E-state index is -0.964. The molecule has 1 aromatic heterocycles. The number of carbonyl (C=O) groups is 1. The van der Waals surface area contributed by atoms with Crippen LogP contribution >= 0.6 is 11.6 Å². The van der Waals surface area contributed by atoms with Crippen molar-refractivity contribution >= 4 is 17.5 Å². The van der Waals surface area contributed by atoms with Gasteiger partial charge in [-0.1, -0.05) is 17.7 Å². The number of hydrogen-bond acceptors (Lipinski definition) is 3. The Morgan fingerprint density at radius 3 is 2.91 bits per heavy atom. The van der Waals surface area contributed by atoms with Gasteiger partial charge < -0.3 is 9.64 Å². The predicted molar refractivity (Wildman–Crippen MR) is 80.5 cm³/mol. The smallest absolute Gasteiger partial charge is 0.275 e. The molecule has 1 aliphatic heterocycles. The molecule has 1 atom stereocenters. The van der Waals surface area contributed by atoms with Gasteiger partial charge in [-0.05, 0) is 18.2 Å². The largest absolute Gasteiger partial charge is 0.488 e. The first-order valence-electron chi connectivity index (χ1n) is 7.05. The summed E-state index contributed by atoms with van der Waals surface area (Å²) in [5.41, 5.74) is -0.380. The van der Waals surface area contributed by atoms with E-state index in [4.69, 9.17) is 16.3 Å². The first-order chi connectivity index (χ1) is 11.0. The Kier molecular flexibility index (Phi) is 4.43. The van der Waals surface area contributed by atoms with Crippen LogP contribution in [0.25, 0.3) is 0 Å². The number of pyridine rings is 1. The van der Waals surface area contributed by atoms with Gasteiger partial charge in [0, 0.05) is 24.1 Å². The zero-order chi connectivity index (χ0) is 16.4. The highest BCUT2D eigenvalue weighted by Gasteiger charge is 2.30. The molecule has 0 aliphatic carbocycles. The maximum Gasteiger partial charge on any atom is 0.275 e. The molecule has 0 saturated carbocycles. The fraction of sp³-hybridized carbons (Fsp3) is 0.250. The van der Waals surface area contributed by atoms with Crippen molar-refractivity contribution in [3.05, 3.63) is 58.9 Å². The molecule has 1 fully saturated rings. The summed E-state index contributed by atoms with van der Waals surface area (Å²) >= 11 is 5.89. The summed E-state index contributed by atoms with van der Waals surface area (Å²) in [6, 6.07) is 7.62. The molecule has 0 N–H and O–H groups in total. The van der Waals surface area contributed by atoms with E-state index < -0.39 is 17.5 Å². The molecule has 4 nitrogen and oxygen atoms in total. The zero-order valence-electron chi connectivity index (χ0n) is 12.0. The Morgan fingerprint density at radius 1 is 1.35 bits per heavy atom. The van der Waals surface area contributed by atoms with Gasteiger partial charge in [0.1, 0.15) is 17.7 Å². The van der Waals surface area contributed by atoms with E-state index in [0.717, 1.165) is 6.20 Å². The number of hydrogen-bond donors (Lipinski definition) is 0. The van der Waals surface area contributed by atoms with E-state index in [2.05, 4.69) is 4.98 Å². The Bertz CT molecular complexity index is 742. The van der Waals surface area contributed by atoms with Crippen LogP contribution in [0.4, 0.5) is 8.78 Å². The van der Waals surface area contributed by atoms with Gasteiger partial charge in [-0.25, -0.2) is 13.8 Å². The highest BCUT2D eigenvalue weighted by Crippen LogP contribution is 2.22. The molecular weight excluding hydrogens is 326 g/mol. The number of nitrogens with zero attached hydrogens (tertiary/aromatic N) is 2. The second kappa shape index (κ2) is 6.50. The monoisotopic (exact) mass is 338 g/mol. The summed E-state index contributed by atoms with van der Waals surface area (Å²) < 4.78 is 32.3. The van der Waals surface area contributed by atoms with Crippen LogP contribution in [-0.2, 0) is 0 Å². The van der Waals surface area contributed by atoms with Crippen molar-refractivity contribution in [2.75, 3.05) is 13.1 Å². The highest BCUT2D eigenvalue weighted by atomic mass is 35.5. The van der Waals surface area contributed by atoms with E-state index in [0.29, 0.717) is 36.3 Å². The lowest BCUT2D eigenvalue weighted by molar-refractivity contribution is 0.0761. The van der Waals surface area contributed by atoms with Gasteiger partial charge in [-0.3, -0.25) is 4.79 Å². The molecule has 1 unspecified atom stereocenters. The molecule has 0 bridgehead atoms. The molecule has 1 saturated heterocycles. The molecule has 1 aliphatic rings. The van der Waals surface area contributed by atoms with Gasteiger partial charge in [0.05, 0.1) is 12.7 Å². The van der Waals surface area contributed by atoms with Gasteiger partial charge in [0.25, 0.3) is 5.91 Å². The fourth-order valence-electron chi connectivity index (χ4n) is 2.46. The predicted octanol–water partition coefficient (Wildman–Crippen LogP) is 3.31. The maximum atomic E-state index is 13.6. The third-order valence-electron chi connectivity index (χ3n) is 3.54. The quantitative estimate of drug-likeness (QED) is 0.862. The van der Waals surface area contributed by atoms with Crippen LogP contribution in [-0.4, -0.2) is 35.0 Å². The summed E-state index contributed by atoms with van der Waals surface area (Å²) in [6.45, 7) is 0.729. The Hall–Kier alpha value is -2.21. The minimum Gasteiger partial charge on any atom is -0.488 e. The lowest BCUT2D eigenvalue weighted by Crippen LogP contribution is -2.32. The minimum absolute atomic E-state index is 0.207. The summed E-state index contributed by atoms with van der Waals surface area (Å²) in [7, 11) is 0. The van der Waals surface area contributed by atoms with Crippen molar-refractivity contribution < 1.29 is 18.3 Å². The SMILES string of the molecule is O=C(c1ncc(F)cc1F)N1CCC(Oc2cccc(Cl)c2)C1. The number of rotatable bonds is 3. The number of ether oxygens (including phenoxy) is 1. The van der Waals surface area contributed by atoms with Gasteiger partial charge in [-0.2, -0.15) is 0 Å². The highest BCUT2D eigenvalue weighted by molar-refractivity contribution is 6.30. The Balaban J connectivity index is 1.66. The van der Waals surface area contributed by atoms with Crippen LogP contribution < -0.4 is 4.74 Å². The average Bonchev–Trinajstić information content (AvgIpc) is 2.95. The van der Waals surface area contributed by atoms with Crippen LogP contribution in [0.5, 0.6) is 5.75 Å². The van der Waals surface area contributed by atoms with Crippen LogP contribution in [0.1, 0.15) is 16.9 Å². The number of halogens is 3. The Morgan fingerprint density at radius 2 is 2.17 bits per heavy atom. The lowest BCUT2D eigenvalue weighted by Gasteiger charge is -2.17. The number of aromatic nitrogens is 1. The van der Waals surface area contributed by atoms with E-state index in [9.17, 15) is 13.6 Å². The van der Waals surface area contributed by atoms with E-state index in [1.54, 1.807) is 24.3 Å². The summed E-state index contributed by atoms with van der Waals surface area (Å²) in [6.07, 6.45) is 1.23. The van der Waals surface area contributed by atoms with Crippen LogP contribution in [0, 0.1) is 11.6 Å². The number of amides is 1. The molecule has 7 heteroatoms. The molecule has 0 spiro atoms. The molecular formula is C16H13ClF2N2O2. The van der Waals surface area contributed by atoms with Crippen LogP contribution in [0.3, 0.4) is 0 Å². The normalized spacial score (nSPS) is 17.3. The fourth-order valence-corrected chi connectivity index (χ4v) is 2.64. The molecule has 2 aromatic rings. The standard InChI is InChI=1S/C16H13ClF2N2O2/c17-10-2-1-3-12(6-10)23-13-4-5-21(9-13)16(22)15-14(19)7-11(18)8-20-15/h1-3,6-8,13H,4-5,9H2. The van der Waals surface area contributed by atoms with Gasteiger partial charge in [0.2, 0.25) is 0 Å². The van der Waals surface area contributed by atoms with Crippen molar-refractivity contribution in [2.45, 2.75) is 12.5 Å². The summed E-state index contributed by atoms with van der Waals surface area (Å²) in [4.78, 5) is 17.2. The summed E-state index contributed by atoms with van der Waals surface area (Å²) in [5.74, 6) is -1.74. The Labute approximate surface area is 136 Å². The molecule has 1 aromatic carbocycles. The van der Waals surface area contributed by atoms with E-state index in [-0.39, 0.29) is 11.8 Å². The average molecular weight is 339 g/mol. The second-order valence-corrected chi connectivity index (χ2v) is 5.66. The lowest BCUT2D eigenvalue weighted by atomic mass is 10.3. The van der Waals surface area contributed by atoms with Gasteiger partial charge in [-0.15, -0.1) is 0 Å². The summed E-state index contributed by atoms with van der Waals surface area (Å²) in [5, 5.41) is 0.561. The molecule has 23 heavy (non-hydrogen) atoms. The van der Waals surface area contributed by atoms with Crippen molar-refractivity contribution in [1.82, 2.24) is 9.88 Å². The second-order valence-electron chi connectivity index (χ2n) is 5.22. The first-order valence-corrected chi connectivity index (χ1v) is 7.43. The van der Waals surface area contributed by atoms with Gasteiger partial charge in [0.15, 0.2) is 11.5 Å². The third-order valence-corrected chi connectivity index (χ3v) is 3.78. The third kappa shape index (κ3) is 3.59. The van der Waals surface area contributed by atoms with Crippen molar-refractivity contribution in [2.24, 2.45) is 0 Å². The molecule has 2 heterocycles. The van der Waals surface area contributed by atoms with Gasteiger partial charge >= 0.3 is 0 Å². The number of likely N-dealkylation sites (tertiary alicyclic amines) is 1. The maximum absolute atomic E-state index is 13.6. The number of carbonyl (C=O) groups excluding carboxylic acids is 1. The van der Waals surface area contributed by atoms with E-state index in [1.807, 2.05) is 0 Å². The van der Waals surface area contributed by atoms with Crippen LogP contribution in [0.15, 0.2) is 36.5 Å². The van der Waals surface area contributed by atoms with Crippen LogP contribution in [0.2, 0.25) is 5.02 Å². The van der Waals surface area contributed by atoms with Crippen molar-refractivity contribution in [1.29, 1.82) is 0 Å². The molecule has 1 amide bonds. The zero-order valence-corrected chi connectivity index (χ0v) is 12.8. The van der Waals surface area contributed by atoms with Crippen molar-refractivity contribution in [3.8, 4) is 5.75 Å². The van der Waals surface area contributed by atoms with E-state index in [1.165, 1.54) is 4.90 Å². The topological polar surface area (TPSA) is 42.4 Å². The first kappa shape index (κ1) is 15.7. The molecule has 0 radical (unpaired) electrons. The number of benzene rings is 1. The molecule has 3 rings (SSSR count). The van der Waals surface area contributed by atoms with Crippen molar-refractivity contribution in [3.63, 3.8) is 0 Å². The van der Waals surface area contributed by atoms with E-state index >= 15 is 0 Å².